The van der Waals surface area contributed by atoms with Gasteiger partial charge in [0.1, 0.15) is 0 Å². The first-order valence-electron chi connectivity index (χ1n) is 10.4. The Hall–Kier alpha value is -3.29. The van der Waals surface area contributed by atoms with Gasteiger partial charge in [0.2, 0.25) is 0 Å². The van der Waals surface area contributed by atoms with E-state index in [4.69, 9.17) is 6.42 Å². The van der Waals surface area contributed by atoms with Crippen LogP contribution in [0.2, 0.25) is 0 Å². The zero-order valence-electron chi connectivity index (χ0n) is 18.2. The number of benzene rings is 3. The van der Waals surface area contributed by atoms with Crippen LogP contribution in [0.5, 0.6) is 0 Å². The topological polar surface area (TPSA) is 37.3 Å². The lowest BCUT2D eigenvalue weighted by atomic mass is 9.89. The van der Waals surface area contributed by atoms with E-state index in [0.29, 0.717) is 5.56 Å². The Labute approximate surface area is 192 Å². The molecule has 0 amide bonds. The maximum absolute atomic E-state index is 14.8. The van der Waals surface area contributed by atoms with Gasteiger partial charge < -0.3 is 5.11 Å². The van der Waals surface area contributed by atoms with Crippen LogP contribution in [0, 0.1) is 18.2 Å². The van der Waals surface area contributed by atoms with Crippen molar-refractivity contribution in [3.63, 3.8) is 0 Å². The highest BCUT2D eigenvalue weighted by Crippen LogP contribution is 2.47. The van der Waals surface area contributed by atoms with Crippen LogP contribution in [0.1, 0.15) is 53.4 Å². The lowest BCUT2D eigenvalue weighted by molar-refractivity contribution is 0.0692. The number of carboxylic acids is 1. The third-order valence-electron chi connectivity index (χ3n) is 5.64. The molecule has 1 heterocycles. The molecular weight excluding hydrogens is 419 g/mol. The third-order valence-corrected chi connectivity index (χ3v) is 6.86. The van der Waals surface area contributed by atoms with Gasteiger partial charge in [-0.05, 0) is 66.3 Å². The predicted octanol–water partition coefficient (Wildman–Crippen LogP) is 7.05. The molecule has 0 aliphatic carbocycles. The summed E-state index contributed by atoms with van der Waals surface area (Å²) in [4.78, 5) is 12.5. The number of terminal acetylenes is 1. The van der Waals surface area contributed by atoms with Crippen LogP contribution in [0.25, 0.3) is 16.7 Å². The van der Waals surface area contributed by atoms with Crippen LogP contribution < -0.4 is 0 Å². The van der Waals surface area contributed by atoms with Gasteiger partial charge in [-0.2, -0.15) is 0 Å². The molecule has 0 radical (unpaired) electrons. The van der Waals surface area contributed by atoms with Crippen molar-refractivity contribution < 1.29 is 14.3 Å². The van der Waals surface area contributed by atoms with E-state index >= 15 is 0 Å². The van der Waals surface area contributed by atoms with Crippen molar-refractivity contribution in [3.05, 3.63) is 94.3 Å². The zero-order chi connectivity index (χ0) is 23.0. The molecule has 0 spiro atoms. The number of aryl methyl sites for hydroxylation is 1. The summed E-state index contributed by atoms with van der Waals surface area (Å²) in [5.41, 5.74) is 5.39. The van der Waals surface area contributed by atoms with E-state index in [2.05, 4.69) is 57.0 Å². The van der Waals surface area contributed by atoms with Crippen molar-refractivity contribution in [3.8, 4) is 23.5 Å². The number of aromatic carboxylic acids is 1. The summed E-state index contributed by atoms with van der Waals surface area (Å²) >= 11 is 1.78. The van der Waals surface area contributed by atoms with Gasteiger partial charge in [0, 0.05) is 15.2 Å². The molecule has 0 bridgehead atoms. The third kappa shape index (κ3) is 3.97. The van der Waals surface area contributed by atoms with E-state index in [9.17, 15) is 14.3 Å². The van der Waals surface area contributed by atoms with Crippen molar-refractivity contribution in [2.24, 2.45) is 0 Å². The van der Waals surface area contributed by atoms with Crippen LogP contribution >= 0.6 is 11.8 Å². The summed E-state index contributed by atoms with van der Waals surface area (Å²) in [6.07, 6.45) is 8.82. The summed E-state index contributed by atoms with van der Waals surface area (Å²) < 4.78 is 14.7. The molecule has 4 heteroatoms. The molecule has 1 N–H and O–H groups in total. The molecule has 1 aliphatic heterocycles. The highest BCUT2D eigenvalue weighted by molar-refractivity contribution is 8.01. The number of hydrogen-bond acceptors (Lipinski definition) is 2. The molecule has 0 saturated carbocycles. The summed E-state index contributed by atoms with van der Waals surface area (Å²) in [5, 5.41) is 9.23. The quantitative estimate of drug-likeness (QED) is 0.440. The number of halogens is 1. The Bertz CT molecular complexity index is 1290. The van der Waals surface area contributed by atoms with Crippen molar-refractivity contribution in [1.29, 1.82) is 0 Å². The van der Waals surface area contributed by atoms with Gasteiger partial charge in [-0.3, -0.25) is 0 Å². The SMILES string of the molecule is C#Cc1c(-c2ccc3c(c2)C(c2ccc(CC)cc2)=CC(C)(C)S3)ccc(C(=O)O)c1F. The number of rotatable bonds is 4. The van der Waals surface area contributed by atoms with E-state index in [1.807, 2.05) is 18.2 Å². The van der Waals surface area contributed by atoms with Crippen molar-refractivity contribution in [2.45, 2.75) is 36.8 Å². The molecule has 3 aromatic rings. The Morgan fingerprint density at radius 2 is 1.75 bits per heavy atom. The molecule has 160 valence electrons. The van der Waals surface area contributed by atoms with E-state index in [1.54, 1.807) is 17.8 Å². The van der Waals surface area contributed by atoms with Crippen molar-refractivity contribution in [2.75, 3.05) is 0 Å². The normalized spacial score (nSPS) is 14.3. The fraction of sp³-hybridized carbons (Fsp3) is 0.179. The molecule has 0 fully saturated rings. The fourth-order valence-electron chi connectivity index (χ4n) is 4.02. The highest BCUT2D eigenvalue weighted by atomic mass is 32.2. The van der Waals surface area contributed by atoms with E-state index in [-0.39, 0.29) is 10.3 Å². The van der Waals surface area contributed by atoms with Crippen LogP contribution in [0.4, 0.5) is 4.39 Å². The smallest absolute Gasteiger partial charge is 0.338 e. The number of thioether (sulfide) groups is 1. The van der Waals surface area contributed by atoms with Gasteiger partial charge in [0.15, 0.2) is 5.82 Å². The second-order valence-electron chi connectivity index (χ2n) is 8.32. The Morgan fingerprint density at radius 1 is 1.06 bits per heavy atom. The van der Waals surface area contributed by atoms with E-state index in [1.165, 1.54) is 11.6 Å². The maximum atomic E-state index is 14.8. The average molecular weight is 443 g/mol. The van der Waals surface area contributed by atoms with Gasteiger partial charge in [0.25, 0.3) is 0 Å². The van der Waals surface area contributed by atoms with Gasteiger partial charge in [-0.25, -0.2) is 9.18 Å². The number of hydrogen-bond donors (Lipinski definition) is 1. The standard InChI is InChI=1S/C28H23FO2S/c1-5-17-7-9-18(10-8-17)24-16-28(3,4)32-25-14-11-19(15-23(24)25)21-12-13-22(27(30)31)26(29)20(21)6-2/h2,7-16H,5H2,1,3-4H3,(H,30,31). The van der Waals surface area contributed by atoms with Gasteiger partial charge in [-0.1, -0.05) is 55.3 Å². The fourth-order valence-corrected chi connectivity index (χ4v) is 5.18. The van der Waals surface area contributed by atoms with Crippen LogP contribution in [-0.4, -0.2) is 15.8 Å². The molecule has 0 saturated heterocycles. The van der Waals surface area contributed by atoms with Crippen LogP contribution in [0.15, 0.2) is 65.6 Å². The predicted molar refractivity (Wildman–Crippen MR) is 130 cm³/mol. The number of fused-ring (bicyclic) bond motifs is 1. The molecule has 0 aromatic heterocycles. The van der Waals surface area contributed by atoms with Crippen LogP contribution in [-0.2, 0) is 6.42 Å². The highest BCUT2D eigenvalue weighted by Gasteiger charge is 2.27. The Morgan fingerprint density at radius 3 is 2.38 bits per heavy atom. The molecule has 0 atom stereocenters. The molecule has 0 unspecified atom stereocenters. The first-order valence-corrected chi connectivity index (χ1v) is 11.2. The average Bonchev–Trinajstić information content (AvgIpc) is 2.77. The van der Waals surface area contributed by atoms with E-state index < -0.39 is 17.3 Å². The maximum Gasteiger partial charge on any atom is 0.338 e. The van der Waals surface area contributed by atoms with Gasteiger partial charge >= 0.3 is 5.97 Å². The van der Waals surface area contributed by atoms with Crippen molar-refractivity contribution in [1.82, 2.24) is 0 Å². The second kappa shape index (κ2) is 8.33. The molecule has 3 aromatic carbocycles. The zero-order valence-corrected chi connectivity index (χ0v) is 19.0. The first-order chi connectivity index (χ1) is 15.2. The summed E-state index contributed by atoms with van der Waals surface area (Å²) in [6, 6.07) is 17.4. The number of carbonyl (C=O) groups is 1. The molecule has 1 aliphatic rings. The monoisotopic (exact) mass is 442 g/mol. The van der Waals surface area contributed by atoms with Gasteiger partial charge in [0.05, 0.1) is 11.1 Å². The number of carboxylic acid groups (broad SMARTS) is 1. The molecule has 2 nitrogen and oxygen atoms in total. The Balaban J connectivity index is 1.88. The Kier molecular flexibility index (Phi) is 5.71. The largest absolute Gasteiger partial charge is 0.478 e. The summed E-state index contributed by atoms with van der Waals surface area (Å²) in [7, 11) is 0. The lowest BCUT2D eigenvalue weighted by Gasteiger charge is -2.30. The van der Waals surface area contributed by atoms with E-state index in [0.717, 1.165) is 33.6 Å². The summed E-state index contributed by atoms with van der Waals surface area (Å²) in [5.74, 6) is 0.132. The molecule has 32 heavy (non-hydrogen) atoms. The minimum atomic E-state index is -1.34. The lowest BCUT2D eigenvalue weighted by Crippen LogP contribution is -2.16. The molecule has 4 rings (SSSR count). The van der Waals surface area contributed by atoms with Crippen molar-refractivity contribution >= 4 is 23.3 Å². The van der Waals surface area contributed by atoms with Gasteiger partial charge in [-0.15, -0.1) is 18.2 Å². The minimum absolute atomic E-state index is 0.0357. The molecular formula is C28H23FO2S. The van der Waals surface area contributed by atoms with Crippen LogP contribution in [0.3, 0.4) is 0 Å². The summed E-state index contributed by atoms with van der Waals surface area (Å²) in [6.45, 7) is 6.50. The first kappa shape index (κ1) is 21.9. The minimum Gasteiger partial charge on any atom is -0.478 e. The second-order valence-corrected chi connectivity index (χ2v) is 10.0.